The lowest BCUT2D eigenvalue weighted by Gasteiger charge is -2.25. The van der Waals surface area contributed by atoms with E-state index < -0.39 is 16.0 Å². The van der Waals surface area contributed by atoms with Crippen LogP contribution >= 0.6 is 0 Å². The zero-order valence-electron chi connectivity index (χ0n) is 15.6. The summed E-state index contributed by atoms with van der Waals surface area (Å²) in [6, 6.07) is 10.9. The standard InChI is InChI=1S/C20H23NO5S/c1-5-13-21(27(23,24)18-10-8-17(25-4)9-11-18)19-12-7-16(14-15(19)3)20(22)26-6-2/h5,7-12,14H,1,6,13H2,2-4H3. The molecule has 0 spiro atoms. The number of ether oxygens (including phenoxy) is 2. The molecule has 2 aromatic carbocycles. The second kappa shape index (κ2) is 8.73. The molecule has 7 heteroatoms. The Bertz CT molecular complexity index is 920. The lowest BCUT2D eigenvalue weighted by molar-refractivity contribution is 0.0526. The first-order valence-corrected chi connectivity index (χ1v) is 9.84. The molecule has 0 saturated heterocycles. The molecule has 0 bridgehead atoms. The van der Waals surface area contributed by atoms with Crippen LogP contribution in [-0.4, -0.2) is 34.6 Å². The van der Waals surface area contributed by atoms with Crippen molar-refractivity contribution >= 4 is 21.7 Å². The maximum absolute atomic E-state index is 13.1. The minimum absolute atomic E-state index is 0.0912. The van der Waals surface area contributed by atoms with Crippen LogP contribution < -0.4 is 9.04 Å². The van der Waals surface area contributed by atoms with Crippen LogP contribution in [0.25, 0.3) is 0 Å². The van der Waals surface area contributed by atoms with Crippen LogP contribution in [0.1, 0.15) is 22.8 Å². The molecule has 6 nitrogen and oxygen atoms in total. The van der Waals surface area contributed by atoms with Gasteiger partial charge in [0.15, 0.2) is 0 Å². The van der Waals surface area contributed by atoms with Crippen LogP contribution in [0.15, 0.2) is 60.0 Å². The van der Waals surface area contributed by atoms with Gasteiger partial charge in [0.25, 0.3) is 10.0 Å². The van der Waals surface area contributed by atoms with E-state index in [4.69, 9.17) is 9.47 Å². The zero-order valence-corrected chi connectivity index (χ0v) is 16.5. The Morgan fingerprint density at radius 2 is 1.85 bits per heavy atom. The molecular weight excluding hydrogens is 366 g/mol. The van der Waals surface area contributed by atoms with E-state index in [0.717, 1.165) is 0 Å². The Hall–Kier alpha value is -2.80. The number of sulfonamides is 1. The second-order valence-corrected chi connectivity index (χ2v) is 7.58. The van der Waals surface area contributed by atoms with Gasteiger partial charge in [0.05, 0.1) is 36.4 Å². The molecule has 0 aliphatic heterocycles. The first kappa shape index (κ1) is 20.5. The third kappa shape index (κ3) is 4.49. The molecule has 0 aliphatic carbocycles. The van der Waals surface area contributed by atoms with Gasteiger partial charge in [-0.3, -0.25) is 4.31 Å². The molecule has 0 N–H and O–H groups in total. The van der Waals surface area contributed by atoms with E-state index in [1.165, 1.54) is 29.6 Å². The first-order chi connectivity index (χ1) is 12.8. The second-order valence-electron chi connectivity index (χ2n) is 5.72. The van der Waals surface area contributed by atoms with Crippen molar-refractivity contribution in [1.29, 1.82) is 0 Å². The highest BCUT2D eigenvalue weighted by Gasteiger charge is 2.25. The molecule has 2 rings (SSSR count). The fourth-order valence-electron chi connectivity index (χ4n) is 2.59. The van der Waals surface area contributed by atoms with Crippen molar-refractivity contribution < 1.29 is 22.7 Å². The molecule has 144 valence electrons. The molecule has 0 unspecified atom stereocenters. The smallest absolute Gasteiger partial charge is 0.338 e. The maximum Gasteiger partial charge on any atom is 0.338 e. The fourth-order valence-corrected chi connectivity index (χ4v) is 4.09. The summed E-state index contributed by atoms with van der Waals surface area (Å²) in [7, 11) is -2.30. The van der Waals surface area contributed by atoms with Crippen LogP contribution in [0.4, 0.5) is 5.69 Å². The lowest BCUT2D eigenvalue weighted by Crippen LogP contribution is -2.31. The van der Waals surface area contributed by atoms with Gasteiger partial charge in [-0.2, -0.15) is 0 Å². The third-order valence-electron chi connectivity index (χ3n) is 3.92. The van der Waals surface area contributed by atoms with E-state index in [9.17, 15) is 13.2 Å². The monoisotopic (exact) mass is 389 g/mol. The zero-order chi connectivity index (χ0) is 20.0. The quantitative estimate of drug-likeness (QED) is 0.510. The van der Waals surface area contributed by atoms with E-state index in [0.29, 0.717) is 22.6 Å². The largest absolute Gasteiger partial charge is 0.497 e. The summed E-state index contributed by atoms with van der Waals surface area (Å²) in [5.74, 6) is 0.125. The molecule has 2 aromatic rings. The Balaban J connectivity index is 2.46. The number of carbonyl (C=O) groups is 1. The number of nitrogens with zero attached hydrogens (tertiary/aromatic N) is 1. The molecule has 0 aliphatic rings. The summed E-state index contributed by atoms with van der Waals surface area (Å²) < 4.78 is 37.6. The van der Waals surface area contributed by atoms with Crippen molar-refractivity contribution in [3.05, 3.63) is 66.2 Å². The van der Waals surface area contributed by atoms with Crippen LogP contribution in [-0.2, 0) is 14.8 Å². The molecule has 0 saturated carbocycles. The average Bonchev–Trinajstić information content (AvgIpc) is 2.66. The number of hydrogen-bond donors (Lipinski definition) is 0. The van der Waals surface area contributed by atoms with Crippen molar-refractivity contribution in [2.24, 2.45) is 0 Å². The van der Waals surface area contributed by atoms with Gasteiger partial charge in [-0.1, -0.05) is 6.08 Å². The van der Waals surface area contributed by atoms with Crippen molar-refractivity contribution in [3.63, 3.8) is 0 Å². The first-order valence-electron chi connectivity index (χ1n) is 8.40. The van der Waals surface area contributed by atoms with Gasteiger partial charge in [0, 0.05) is 0 Å². The molecule has 0 heterocycles. The lowest BCUT2D eigenvalue weighted by atomic mass is 10.1. The van der Waals surface area contributed by atoms with Crippen molar-refractivity contribution in [3.8, 4) is 5.75 Å². The van der Waals surface area contributed by atoms with Crippen LogP contribution in [0.5, 0.6) is 5.75 Å². The van der Waals surface area contributed by atoms with E-state index in [2.05, 4.69) is 6.58 Å². The van der Waals surface area contributed by atoms with Gasteiger partial charge in [-0.15, -0.1) is 6.58 Å². The van der Waals surface area contributed by atoms with Crippen LogP contribution in [0.2, 0.25) is 0 Å². The number of rotatable bonds is 8. The predicted molar refractivity (Wildman–Crippen MR) is 105 cm³/mol. The average molecular weight is 389 g/mol. The summed E-state index contributed by atoms with van der Waals surface area (Å²) in [5.41, 5.74) is 1.48. The van der Waals surface area contributed by atoms with E-state index in [1.807, 2.05) is 0 Å². The number of methoxy groups -OCH3 is 1. The Kier molecular flexibility index (Phi) is 6.63. The van der Waals surface area contributed by atoms with E-state index >= 15 is 0 Å². The summed E-state index contributed by atoms with van der Waals surface area (Å²) in [6.07, 6.45) is 1.51. The highest BCUT2D eigenvalue weighted by atomic mass is 32.2. The van der Waals surface area contributed by atoms with Crippen molar-refractivity contribution in [2.45, 2.75) is 18.7 Å². The van der Waals surface area contributed by atoms with Gasteiger partial charge in [-0.25, -0.2) is 13.2 Å². The molecule has 0 aromatic heterocycles. The number of carbonyl (C=O) groups excluding carboxylic acids is 1. The maximum atomic E-state index is 13.1. The van der Waals surface area contributed by atoms with Gasteiger partial charge < -0.3 is 9.47 Å². The summed E-state index contributed by atoms with van der Waals surface area (Å²) in [6.45, 7) is 7.50. The number of esters is 1. The number of hydrogen-bond acceptors (Lipinski definition) is 5. The number of benzene rings is 2. The number of anilines is 1. The Morgan fingerprint density at radius 3 is 2.37 bits per heavy atom. The van der Waals surface area contributed by atoms with Crippen LogP contribution in [0, 0.1) is 6.92 Å². The molecule has 0 radical (unpaired) electrons. The Labute approximate surface area is 160 Å². The topological polar surface area (TPSA) is 72.9 Å². The molecular formula is C20H23NO5S. The Morgan fingerprint density at radius 1 is 1.19 bits per heavy atom. The van der Waals surface area contributed by atoms with E-state index in [-0.39, 0.29) is 18.0 Å². The minimum Gasteiger partial charge on any atom is -0.497 e. The molecule has 0 amide bonds. The summed E-state index contributed by atoms with van der Waals surface area (Å²) in [5, 5.41) is 0. The van der Waals surface area contributed by atoms with Gasteiger partial charge >= 0.3 is 5.97 Å². The van der Waals surface area contributed by atoms with Gasteiger partial charge in [-0.05, 0) is 61.9 Å². The van der Waals surface area contributed by atoms with Crippen molar-refractivity contribution in [2.75, 3.05) is 24.6 Å². The molecule has 27 heavy (non-hydrogen) atoms. The number of aryl methyl sites for hydroxylation is 1. The van der Waals surface area contributed by atoms with Gasteiger partial charge in [0.2, 0.25) is 0 Å². The summed E-state index contributed by atoms with van der Waals surface area (Å²) in [4.78, 5) is 12.0. The fraction of sp³-hybridized carbons (Fsp3) is 0.250. The highest BCUT2D eigenvalue weighted by Crippen LogP contribution is 2.28. The molecule has 0 atom stereocenters. The molecule has 0 fully saturated rings. The van der Waals surface area contributed by atoms with Crippen molar-refractivity contribution in [1.82, 2.24) is 0 Å². The van der Waals surface area contributed by atoms with E-state index in [1.54, 1.807) is 44.2 Å². The predicted octanol–water partition coefficient (Wildman–Crippen LogP) is 3.56. The highest BCUT2D eigenvalue weighted by molar-refractivity contribution is 7.92. The SMILES string of the molecule is C=CCN(c1ccc(C(=O)OCC)cc1C)S(=O)(=O)c1ccc(OC)cc1. The summed E-state index contributed by atoms with van der Waals surface area (Å²) >= 11 is 0. The minimum atomic E-state index is -3.82. The van der Waals surface area contributed by atoms with Crippen LogP contribution in [0.3, 0.4) is 0 Å². The van der Waals surface area contributed by atoms with Gasteiger partial charge in [0.1, 0.15) is 5.75 Å². The third-order valence-corrected chi connectivity index (χ3v) is 5.71. The normalized spacial score (nSPS) is 10.9.